The summed E-state index contributed by atoms with van der Waals surface area (Å²) in [4.78, 5) is 41.9. The zero-order valence-electron chi connectivity index (χ0n) is 21.4. The Morgan fingerprint density at radius 1 is 0.973 bits per heavy atom. The number of nitrogens with zero attached hydrogens (tertiary/aromatic N) is 3. The number of fused-ring (bicyclic) bond motifs is 1. The van der Waals surface area contributed by atoms with Crippen molar-refractivity contribution in [1.29, 1.82) is 0 Å². The lowest BCUT2D eigenvalue weighted by Crippen LogP contribution is -2.47. The lowest BCUT2D eigenvalue weighted by atomic mass is 9.89. The van der Waals surface area contributed by atoms with Crippen LogP contribution in [0.15, 0.2) is 78.9 Å². The first kappa shape index (κ1) is 26.1. The summed E-state index contributed by atoms with van der Waals surface area (Å²) in [6.45, 7) is 4.15. The number of nitro groups is 1. The molecule has 0 aromatic heterocycles. The second-order valence-electron chi connectivity index (χ2n) is 9.55. The predicted molar refractivity (Wildman–Crippen MR) is 146 cm³/mol. The van der Waals surface area contributed by atoms with Gasteiger partial charge in [0.15, 0.2) is 0 Å². The molecule has 3 aromatic carbocycles. The highest BCUT2D eigenvalue weighted by atomic mass is 16.6. The van der Waals surface area contributed by atoms with Crippen molar-refractivity contribution in [2.45, 2.75) is 64.5 Å². The first-order valence-corrected chi connectivity index (χ1v) is 13.0. The van der Waals surface area contributed by atoms with Crippen LogP contribution in [-0.2, 0) is 4.79 Å². The summed E-state index contributed by atoms with van der Waals surface area (Å²) in [6.07, 6.45) is 5.11. The molecular formula is C30H33N3O4. The highest BCUT2D eigenvalue weighted by molar-refractivity contribution is 6.07. The van der Waals surface area contributed by atoms with Crippen LogP contribution in [0.2, 0.25) is 0 Å². The summed E-state index contributed by atoms with van der Waals surface area (Å²) in [5.74, 6) is -0.154. The minimum atomic E-state index is -0.453. The number of carbonyl (C=O) groups is 2. The summed E-state index contributed by atoms with van der Waals surface area (Å²) >= 11 is 0. The van der Waals surface area contributed by atoms with Gasteiger partial charge in [-0.3, -0.25) is 19.7 Å². The van der Waals surface area contributed by atoms with E-state index in [0.29, 0.717) is 24.1 Å². The topological polar surface area (TPSA) is 83.8 Å². The lowest BCUT2D eigenvalue weighted by molar-refractivity contribution is -0.384. The number of non-ortho nitro benzene ring substituents is 1. The van der Waals surface area contributed by atoms with Crippen LogP contribution in [0.1, 0.15) is 74.3 Å². The van der Waals surface area contributed by atoms with Crippen molar-refractivity contribution in [2.24, 2.45) is 0 Å². The molecule has 0 spiro atoms. The standard InChI is InChI=1S/C30H33N3O4/c1-3-4-5-9-19-29(34)31-22(2)20-28(26-17-10-11-18-27(26)31)32(30(35)23-13-7-6-8-14-23)24-15-12-16-25(21-24)33(36)37/h6-8,10-18,21-22,28H,3-5,9,19-20H2,1-2H3/t22-,28-/m1/s1. The molecule has 0 radical (unpaired) electrons. The third kappa shape index (κ3) is 5.71. The van der Waals surface area contributed by atoms with Gasteiger partial charge in [0.1, 0.15) is 0 Å². The van der Waals surface area contributed by atoms with Gasteiger partial charge in [-0.15, -0.1) is 0 Å². The number of unbranched alkanes of at least 4 members (excludes halogenated alkanes) is 3. The zero-order chi connectivity index (χ0) is 26.4. The van der Waals surface area contributed by atoms with Crippen molar-refractivity contribution in [1.82, 2.24) is 0 Å². The van der Waals surface area contributed by atoms with Crippen molar-refractivity contribution in [3.05, 3.63) is 100 Å². The quantitative estimate of drug-likeness (QED) is 0.179. The van der Waals surface area contributed by atoms with Crippen LogP contribution in [0.25, 0.3) is 0 Å². The average Bonchev–Trinajstić information content (AvgIpc) is 2.91. The molecule has 7 nitrogen and oxygen atoms in total. The van der Waals surface area contributed by atoms with E-state index in [-0.39, 0.29) is 23.5 Å². The van der Waals surface area contributed by atoms with Crippen LogP contribution in [0.5, 0.6) is 0 Å². The molecule has 0 N–H and O–H groups in total. The molecule has 0 saturated carbocycles. The predicted octanol–water partition coefficient (Wildman–Crippen LogP) is 7.08. The third-order valence-electron chi connectivity index (χ3n) is 6.94. The molecular weight excluding hydrogens is 466 g/mol. The Hall–Kier alpha value is -4.00. The van der Waals surface area contributed by atoms with Crippen molar-refractivity contribution in [3.63, 3.8) is 0 Å². The Morgan fingerprint density at radius 2 is 1.70 bits per heavy atom. The van der Waals surface area contributed by atoms with E-state index in [9.17, 15) is 19.7 Å². The highest BCUT2D eigenvalue weighted by Gasteiger charge is 2.38. The second-order valence-corrected chi connectivity index (χ2v) is 9.55. The van der Waals surface area contributed by atoms with Gasteiger partial charge in [0, 0.05) is 35.8 Å². The van der Waals surface area contributed by atoms with E-state index < -0.39 is 11.0 Å². The Labute approximate surface area is 217 Å². The van der Waals surface area contributed by atoms with Crippen LogP contribution in [0.3, 0.4) is 0 Å². The fourth-order valence-corrected chi connectivity index (χ4v) is 5.14. The molecule has 192 valence electrons. The maximum absolute atomic E-state index is 13.9. The number of carbonyl (C=O) groups excluding carboxylic acids is 2. The maximum atomic E-state index is 13.9. The normalized spacial score (nSPS) is 16.6. The average molecular weight is 500 g/mol. The van der Waals surface area contributed by atoms with E-state index in [0.717, 1.165) is 36.9 Å². The van der Waals surface area contributed by atoms with Crippen molar-refractivity contribution < 1.29 is 14.5 Å². The Balaban J connectivity index is 1.76. The Kier molecular flexibility index (Phi) is 8.33. The fourth-order valence-electron chi connectivity index (χ4n) is 5.14. The molecule has 0 unspecified atom stereocenters. The summed E-state index contributed by atoms with van der Waals surface area (Å²) < 4.78 is 0. The molecule has 2 amide bonds. The minimum Gasteiger partial charge on any atom is -0.309 e. The number of para-hydroxylation sites is 1. The summed E-state index contributed by atoms with van der Waals surface area (Å²) in [6, 6.07) is 22.3. The van der Waals surface area contributed by atoms with Gasteiger partial charge in [-0.1, -0.05) is 68.7 Å². The second kappa shape index (κ2) is 11.8. The molecule has 1 aliphatic rings. The number of rotatable bonds is 9. The van der Waals surface area contributed by atoms with Gasteiger partial charge >= 0.3 is 0 Å². The van der Waals surface area contributed by atoms with E-state index in [1.54, 1.807) is 41.3 Å². The van der Waals surface area contributed by atoms with Gasteiger partial charge in [-0.05, 0) is 49.6 Å². The first-order chi connectivity index (χ1) is 17.9. The summed E-state index contributed by atoms with van der Waals surface area (Å²) in [5.41, 5.74) is 2.52. The molecule has 2 atom stereocenters. The van der Waals surface area contributed by atoms with E-state index >= 15 is 0 Å². The van der Waals surface area contributed by atoms with Gasteiger partial charge < -0.3 is 9.80 Å². The minimum absolute atomic E-state index is 0.0793. The van der Waals surface area contributed by atoms with E-state index in [4.69, 9.17) is 0 Å². The largest absolute Gasteiger partial charge is 0.309 e. The molecule has 0 fully saturated rings. The van der Waals surface area contributed by atoms with Crippen LogP contribution in [0, 0.1) is 10.1 Å². The number of hydrogen-bond acceptors (Lipinski definition) is 4. The van der Waals surface area contributed by atoms with Gasteiger partial charge in [0.25, 0.3) is 11.6 Å². The van der Waals surface area contributed by atoms with Gasteiger partial charge in [0.05, 0.1) is 16.7 Å². The number of benzene rings is 3. The zero-order valence-corrected chi connectivity index (χ0v) is 21.4. The number of hydrogen-bond donors (Lipinski definition) is 0. The first-order valence-electron chi connectivity index (χ1n) is 13.0. The van der Waals surface area contributed by atoms with E-state index in [2.05, 4.69) is 6.92 Å². The summed E-state index contributed by atoms with van der Waals surface area (Å²) in [7, 11) is 0. The van der Waals surface area contributed by atoms with Gasteiger partial charge in [-0.2, -0.15) is 0 Å². The molecule has 37 heavy (non-hydrogen) atoms. The highest BCUT2D eigenvalue weighted by Crippen LogP contribution is 2.43. The molecule has 0 aliphatic carbocycles. The number of nitro benzene ring substituents is 1. The van der Waals surface area contributed by atoms with Crippen LogP contribution in [0.4, 0.5) is 17.1 Å². The third-order valence-corrected chi connectivity index (χ3v) is 6.94. The summed E-state index contributed by atoms with van der Waals surface area (Å²) in [5, 5.41) is 11.5. The molecule has 3 aromatic rings. The molecule has 0 bridgehead atoms. The molecule has 1 heterocycles. The SMILES string of the molecule is CCCCCCC(=O)N1c2ccccc2[C@H](N(C(=O)c2ccccc2)c2cccc([N+](=O)[O-])c2)C[C@H]1C. The molecule has 4 rings (SSSR count). The monoisotopic (exact) mass is 499 g/mol. The van der Waals surface area contributed by atoms with Gasteiger partial charge in [-0.25, -0.2) is 0 Å². The van der Waals surface area contributed by atoms with Crippen LogP contribution < -0.4 is 9.80 Å². The lowest BCUT2D eigenvalue weighted by Gasteiger charge is -2.43. The smallest absolute Gasteiger partial charge is 0.271 e. The van der Waals surface area contributed by atoms with E-state index in [1.807, 2.05) is 42.2 Å². The Bertz CT molecular complexity index is 1260. The van der Waals surface area contributed by atoms with Crippen molar-refractivity contribution >= 4 is 28.9 Å². The Morgan fingerprint density at radius 3 is 2.43 bits per heavy atom. The maximum Gasteiger partial charge on any atom is 0.271 e. The molecule has 0 saturated heterocycles. The fraction of sp³-hybridized carbons (Fsp3) is 0.333. The van der Waals surface area contributed by atoms with Crippen molar-refractivity contribution in [2.75, 3.05) is 9.80 Å². The van der Waals surface area contributed by atoms with E-state index in [1.165, 1.54) is 12.1 Å². The molecule has 7 heteroatoms. The van der Waals surface area contributed by atoms with Crippen LogP contribution >= 0.6 is 0 Å². The van der Waals surface area contributed by atoms with Gasteiger partial charge in [0.2, 0.25) is 5.91 Å². The number of anilines is 2. The van der Waals surface area contributed by atoms with Crippen molar-refractivity contribution in [3.8, 4) is 0 Å². The molecule has 1 aliphatic heterocycles. The number of amides is 2. The van der Waals surface area contributed by atoms with Crippen LogP contribution in [-0.4, -0.2) is 22.8 Å².